The minimum absolute atomic E-state index is 0.171. The number of likely N-dealkylation sites (N-methyl/N-ethyl adjacent to an activating group) is 1. The zero-order valence-electron chi connectivity index (χ0n) is 14.8. The van der Waals surface area contributed by atoms with Gasteiger partial charge in [-0.1, -0.05) is 42.5 Å². The summed E-state index contributed by atoms with van der Waals surface area (Å²) < 4.78 is 0. The average molecular weight is 346 g/mol. The fraction of sp³-hybridized carbons (Fsp3) is 0.227. The molecule has 26 heavy (non-hydrogen) atoms. The summed E-state index contributed by atoms with van der Waals surface area (Å²) >= 11 is 0. The van der Waals surface area contributed by atoms with Crippen LogP contribution in [0.25, 0.3) is 10.8 Å². The number of fused-ring (bicyclic) bond motifs is 2. The molecule has 0 aliphatic carbocycles. The van der Waals surface area contributed by atoms with Crippen molar-refractivity contribution in [3.63, 3.8) is 0 Å². The van der Waals surface area contributed by atoms with Gasteiger partial charge in [0.1, 0.15) is 0 Å². The first kappa shape index (κ1) is 16.6. The van der Waals surface area contributed by atoms with E-state index in [4.69, 9.17) is 0 Å². The van der Waals surface area contributed by atoms with Crippen molar-refractivity contribution >= 4 is 22.4 Å². The Morgan fingerprint density at radius 3 is 2.77 bits per heavy atom. The molecular formula is C22H22N2O2. The Morgan fingerprint density at radius 2 is 1.92 bits per heavy atom. The summed E-state index contributed by atoms with van der Waals surface area (Å²) in [6.07, 6.45) is 0.283. The third kappa shape index (κ3) is 3.16. The number of hydrogen-bond acceptors (Lipinski definition) is 3. The van der Waals surface area contributed by atoms with Gasteiger partial charge in [-0.05, 0) is 46.5 Å². The summed E-state index contributed by atoms with van der Waals surface area (Å²) in [5.74, 6) is -0.171. The molecule has 2 N–H and O–H groups in total. The van der Waals surface area contributed by atoms with Crippen LogP contribution in [-0.4, -0.2) is 31.2 Å². The molecule has 0 fully saturated rings. The van der Waals surface area contributed by atoms with Crippen molar-refractivity contribution in [1.29, 1.82) is 0 Å². The van der Waals surface area contributed by atoms with E-state index in [2.05, 4.69) is 17.3 Å². The van der Waals surface area contributed by atoms with E-state index in [1.165, 1.54) is 11.3 Å². The molecule has 3 aromatic carbocycles. The molecule has 132 valence electrons. The number of aliphatic hydroxyl groups is 1. The molecule has 3 aromatic rings. The van der Waals surface area contributed by atoms with Gasteiger partial charge in [0.05, 0.1) is 6.10 Å². The highest BCUT2D eigenvalue weighted by molar-refractivity contribution is 5.98. The third-order valence-corrected chi connectivity index (χ3v) is 5.08. The van der Waals surface area contributed by atoms with Crippen molar-refractivity contribution in [1.82, 2.24) is 5.32 Å². The molecule has 1 unspecified atom stereocenters. The van der Waals surface area contributed by atoms with Gasteiger partial charge in [-0.25, -0.2) is 0 Å². The number of carbonyl (C=O) groups excluding carboxylic acids is 1. The van der Waals surface area contributed by atoms with Crippen LogP contribution < -0.4 is 10.2 Å². The van der Waals surface area contributed by atoms with Crippen molar-refractivity contribution in [2.75, 3.05) is 25.0 Å². The van der Waals surface area contributed by atoms with Crippen LogP contribution in [0.3, 0.4) is 0 Å². The number of hydrogen-bond donors (Lipinski definition) is 2. The van der Waals surface area contributed by atoms with Crippen molar-refractivity contribution in [3.05, 3.63) is 77.4 Å². The van der Waals surface area contributed by atoms with Crippen LogP contribution in [0, 0.1) is 0 Å². The highest BCUT2D eigenvalue weighted by Gasteiger charge is 2.18. The first-order valence-corrected chi connectivity index (χ1v) is 8.91. The largest absolute Gasteiger partial charge is 0.387 e. The number of benzene rings is 3. The Labute approximate surface area is 153 Å². The second kappa shape index (κ2) is 6.81. The molecule has 0 radical (unpaired) electrons. The number of carbonyl (C=O) groups is 1. The maximum absolute atomic E-state index is 12.4. The van der Waals surface area contributed by atoms with Crippen molar-refractivity contribution in [3.8, 4) is 0 Å². The summed E-state index contributed by atoms with van der Waals surface area (Å²) in [6.45, 7) is 1.20. The molecule has 0 aromatic heterocycles. The molecule has 1 aliphatic rings. The van der Waals surface area contributed by atoms with Crippen molar-refractivity contribution in [2.24, 2.45) is 0 Å². The Bertz CT molecular complexity index is 967. The van der Waals surface area contributed by atoms with Gasteiger partial charge in [0.2, 0.25) is 0 Å². The molecule has 1 aliphatic heterocycles. The molecule has 0 saturated carbocycles. The van der Waals surface area contributed by atoms with Crippen molar-refractivity contribution in [2.45, 2.75) is 12.5 Å². The lowest BCUT2D eigenvalue weighted by atomic mass is 10.0. The Balaban J connectivity index is 1.43. The van der Waals surface area contributed by atoms with Gasteiger partial charge in [-0.2, -0.15) is 0 Å². The van der Waals surface area contributed by atoms with Crippen LogP contribution >= 0.6 is 0 Å². The Hall–Kier alpha value is -2.85. The van der Waals surface area contributed by atoms with Crippen LogP contribution in [0.5, 0.6) is 0 Å². The lowest BCUT2D eigenvalue weighted by Crippen LogP contribution is -2.28. The maximum Gasteiger partial charge on any atom is 0.251 e. The van der Waals surface area contributed by atoms with E-state index in [1.807, 2.05) is 60.7 Å². The van der Waals surface area contributed by atoms with Gasteiger partial charge >= 0.3 is 0 Å². The van der Waals surface area contributed by atoms with E-state index in [0.717, 1.165) is 29.3 Å². The molecular weight excluding hydrogens is 324 g/mol. The van der Waals surface area contributed by atoms with Crippen LogP contribution in [0.4, 0.5) is 5.69 Å². The van der Waals surface area contributed by atoms with Gasteiger partial charge in [0, 0.05) is 31.4 Å². The van der Waals surface area contributed by atoms with E-state index in [-0.39, 0.29) is 12.5 Å². The number of nitrogens with zero attached hydrogens (tertiary/aromatic N) is 1. The van der Waals surface area contributed by atoms with Gasteiger partial charge in [0.25, 0.3) is 5.91 Å². The molecule has 4 nitrogen and oxygen atoms in total. The van der Waals surface area contributed by atoms with Gasteiger partial charge < -0.3 is 15.3 Å². The number of aliphatic hydroxyl groups excluding tert-OH is 1. The number of nitrogens with one attached hydrogen (secondary N) is 1. The minimum Gasteiger partial charge on any atom is -0.387 e. The minimum atomic E-state index is -0.712. The number of amides is 1. The first-order chi connectivity index (χ1) is 12.6. The topological polar surface area (TPSA) is 52.6 Å². The predicted molar refractivity (Wildman–Crippen MR) is 105 cm³/mol. The summed E-state index contributed by atoms with van der Waals surface area (Å²) in [5.41, 5.74) is 3.93. The second-order valence-electron chi connectivity index (χ2n) is 6.85. The number of rotatable bonds is 4. The molecule has 0 saturated heterocycles. The van der Waals surface area contributed by atoms with Gasteiger partial charge in [0.15, 0.2) is 0 Å². The van der Waals surface area contributed by atoms with Crippen LogP contribution in [-0.2, 0) is 6.42 Å². The van der Waals surface area contributed by atoms with Crippen molar-refractivity contribution < 1.29 is 9.90 Å². The first-order valence-electron chi connectivity index (χ1n) is 8.91. The molecule has 0 bridgehead atoms. The normalized spacial score (nSPS) is 14.3. The standard InChI is InChI=1S/C22H22N2O2/c1-24-11-10-17-13-18(8-9-20(17)24)21(25)14-23-22(26)19-7-6-15-4-2-3-5-16(15)12-19/h2-9,12-13,21,25H,10-11,14H2,1H3,(H,23,26). The zero-order chi connectivity index (χ0) is 18.1. The molecule has 4 heteroatoms. The monoisotopic (exact) mass is 346 g/mol. The Morgan fingerprint density at radius 1 is 1.12 bits per heavy atom. The third-order valence-electron chi connectivity index (χ3n) is 5.08. The average Bonchev–Trinajstić information content (AvgIpc) is 3.05. The molecule has 1 atom stereocenters. The lowest BCUT2D eigenvalue weighted by molar-refractivity contribution is 0.0916. The van der Waals surface area contributed by atoms with Gasteiger partial charge in [-0.15, -0.1) is 0 Å². The number of anilines is 1. The lowest BCUT2D eigenvalue weighted by Gasteiger charge is -2.15. The fourth-order valence-corrected chi connectivity index (χ4v) is 3.53. The molecule has 4 rings (SSSR count). The summed E-state index contributed by atoms with van der Waals surface area (Å²) in [4.78, 5) is 14.6. The maximum atomic E-state index is 12.4. The molecule has 1 heterocycles. The van der Waals surface area contributed by atoms with E-state index >= 15 is 0 Å². The summed E-state index contributed by atoms with van der Waals surface area (Å²) in [5, 5.41) is 15.4. The van der Waals surface area contributed by atoms with Crippen LogP contribution in [0.15, 0.2) is 60.7 Å². The van der Waals surface area contributed by atoms with E-state index in [0.29, 0.717) is 5.56 Å². The Kier molecular flexibility index (Phi) is 4.35. The van der Waals surface area contributed by atoms with Crippen LogP contribution in [0.2, 0.25) is 0 Å². The van der Waals surface area contributed by atoms with E-state index in [9.17, 15) is 9.90 Å². The smallest absolute Gasteiger partial charge is 0.251 e. The molecule has 0 spiro atoms. The quantitative estimate of drug-likeness (QED) is 0.762. The summed E-state index contributed by atoms with van der Waals surface area (Å²) in [7, 11) is 2.08. The van der Waals surface area contributed by atoms with E-state index in [1.54, 1.807) is 0 Å². The predicted octanol–water partition coefficient (Wildman–Crippen LogP) is 3.30. The second-order valence-corrected chi connectivity index (χ2v) is 6.85. The summed E-state index contributed by atoms with van der Waals surface area (Å²) in [6, 6.07) is 19.6. The van der Waals surface area contributed by atoms with Crippen LogP contribution in [0.1, 0.15) is 27.6 Å². The molecule has 1 amide bonds. The van der Waals surface area contributed by atoms with Gasteiger partial charge in [-0.3, -0.25) is 4.79 Å². The zero-order valence-corrected chi connectivity index (χ0v) is 14.8. The highest BCUT2D eigenvalue weighted by atomic mass is 16.3. The highest BCUT2D eigenvalue weighted by Crippen LogP contribution is 2.29. The SMILES string of the molecule is CN1CCc2cc(C(O)CNC(=O)c3ccc4ccccc4c3)ccc21. The van der Waals surface area contributed by atoms with E-state index < -0.39 is 6.10 Å². The fourth-order valence-electron chi connectivity index (χ4n) is 3.53.